The van der Waals surface area contributed by atoms with Crippen molar-refractivity contribution in [1.29, 1.82) is 0 Å². The zero-order valence-corrected chi connectivity index (χ0v) is 16.1. The minimum atomic E-state index is -0.327. The molecule has 3 amide bonds. The van der Waals surface area contributed by atoms with Crippen molar-refractivity contribution in [3.8, 4) is 5.75 Å². The largest absolute Gasteiger partial charge is 0.492 e. The molecule has 3 aromatic rings. The summed E-state index contributed by atoms with van der Waals surface area (Å²) in [6.07, 6.45) is 1.44. The number of carbonyl (C=O) groups is 2. The lowest BCUT2D eigenvalue weighted by molar-refractivity contribution is 0.0996. The van der Waals surface area contributed by atoms with Gasteiger partial charge in [0.25, 0.3) is 5.91 Å². The van der Waals surface area contributed by atoms with Crippen LogP contribution in [0.5, 0.6) is 5.75 Å². The molecule has 0 spiro atoms. The summed E-state index contributed by atoms with van der Waals surface area (Å²) >= 11 is 0. The second kappa shape index (κ2) is 9.98. The topological polar surface area (TPSA) is 92.6 Å². The van der Waals surface area contributed by atoms with Gasteiger partial charge >= 0.3 is 6.03 Å². The van der Waals surface area contributed by atoms with E-state index in [1.165, 1.54) is 6.26 Å². The number of carbonyl (C=O) groups excluding carboxylic acids is 2. The molecule has 2 aromatic carbocycles. The molecule has 0 aliphatic carbocycles. The fourth-order valence-corrected chi connectivity index (χ4v) is 2.64. The molecule has 0 saturated carbocycles. The number of anilines is 1. The Morgan fingerprint density at radius 3 is 2.66 bits per heavy atom. The van der Waals surface area contributed by atoms with Gasteiger partial charge in [0, 0.05) is 12.2 Å². The van der Waals surface area contributed by atoms with Crippen molar-refractivity contribution < 1.29 is 18.7 Å². The average molecular weight is 393 g/mol. The Labute approximate surface area is 169 Å². The number of benzene rings is 2. The third kappa shape index (κ3) is 6.42. The molecule has 0 aliphatic rings. The molecule has 29 heavy (non-hydrogen) atoms. The number of nitrogens with one attached hydrogen (secondary N) is 3. The van der Waals surface area contributed by atoms with Crippen molar-refractivity contribution in [2.75, 3.05) is 18.5 Å². The molecule has 1 aromatic heterocycles. The maximum atomic E-state index is 12.0. The monoisotopic (exact) mass is 393 g/mol. The summed E-state index contributed by atoms with van der Waals surface area (Å²) in [4.78, 5) is 24.0. The van der Waals surface area contributed by atoms with E-state index in [0.717, 1.165) is 16.9 Å². The predicted octanol–water partition coefficient (Wildman–Crippen LogP) is 3.72. The van der Waals surface area contributed by atoms with Crippen LogP contribution in [0.3, 0.4) is 0 Å². The fraction of sp³-hybridized carbons (Fsp3) is 0.182. The summed E-state index contributed by atoms with van der Waals surface area (Å²) in [5.74, 6) is 0.688. The molecule has 3 rings (SSSR count). The van der Waals surface area contributed by atoms with Crippen LogP contribution in [0, 0.1) is 6.92 Å². The van der Waals surface area contributed by atoms with Gasteiger partial charge in [-0.15, -0.1) is 0 Å². The summed E-state index contributed by atoms with van der Waals surface area (Å²) in [6.45, 7) is 3.09. The van der Waals surface area contributed by atoms with E-state index >= 15 is 0 Å². The van der Waals surface area contributed by atoms with Crippen LogP contribution < -0.4 is 20.7 Å². The van der Waals surface area contributed by atoms with Gasteiger partial charge in [-0.05, 0) is 54.4 Å². The summed E-state index contributed by atoms with van der Waals surface area (Å²) < 4.78 is 10.7. The molecule has 7 heteroatoms. The molecule has 0 atom stereocenters. The molecular formula is C22H23N3O4. The number of furan rings is 1. The Kier molecular flexibility index (Phi) is 6.89. The Morgan fingerprint density at radius 1 is 1.00 bits per heavy atom. The Bertz CT molecular complexity index is 954. The Balaban J connectivity index is 1.39. The van der Waals surface area contributed by atoms with Crippen LogP contribution in [0.2, 0.25) is 0 Å². The first-order valence-corrected chi connectivity index (χ1v) is 9.25. The van der Waals surface area contributed by atoms with E-state index in [0.29, 0.717) is 25.4 Å². The number of hydrogen-bond acceptors (Lipinski definition) is 4. The van der Waals surface area contributed by atoms with Crippen LogP contribution in [0.4, 0.5) is 10.5 Å². The van der Waals surface area contributed by atoms with Gasteiger partial charge in [-0.25, -0.2) is 4.79 Å². The summed E-state index contributed by atoms with van der Waals surface area (Å²) in [5, 5.41) is 8.28. The lowest BCUT2D eigenvalue weighted by Gasteiger charge is -2.10. The molecule has 0 aliphatic heterocycles. The zero-order chi connectivity index (χ0) is 20.5. The molecular weight excluding hydrogens is 370 g/mol. The van der Waals surface area contributed by atoms with Gasteiger partial charge in [-0.2, -0.15) is 0 Å². The molecule has 0 radical (unpaired) electrons. The number of amides is 3. The van der Waals surface area contributed by atoms with E-state index in [1.54, 1.807) is 24.3 Å². The van der Waals surface area contributed by atoms with Gasteiger partial charge in [0.05, 0.1) is 12.8 Å². The summed E-state index contributed by atoms with van der Waals surface area (Å²) in [5.41, 5.74) is 2.60. The van der Waals surface area contributed by atoms with Crippen molar-refractivity contribution in [1.82, 2.24) is 10.6 Å². The van der Waals surface area contributed by atoms with E-state index in [2.05, 4.69) is 16.0 Å². The highest BCUT2D eigenvalue weighted by atomic mass is 16.5. The third-order valence-corrected chi connectivity index (χ3v) is 4.03. The number of ether oxygens (including phenoxy) is 1. The average Bonchev–Trinajstić information content (AvgIpc) is 3.25. The first-order valence-electron chi connectivity index (χ1n) is 9.25. The van der Waals surface area contributed by atoms with Gasteiger partial charge in [-0.3, -0.25) is 4.79 Å². The normalized spacial score (nSPS) is 10.2. The molecule has 0 bridgehead atoms. The maximum absolute atomic E-state index is 12.0. The Hall–Kier alpha value is -3.74. The van der Waals surface area contributed by atoms with Crippen molar-refractivity contribution in [3.63, 3.8) is 0 Å². The number of rotatable bonds is 8. The zero-order valence-electron chi connectivity index (χ0n) is 16.1. The smallest absolute Gasteiger partial charge is 0.315 e. The minimum Gasteiger partial charge on any atom is -0.492 e. The lowest BCUT2D eigenvalue weighted by atomic mass is 10.2. The quantitative estimate of drug-likeness (QED) is 0.509. The van der Waals surface area contributed by atoms with Crippen LogP contribution in [0.25, 0.3) is 0 Å². The van der Waals surface area contributed by atoms with E-state index in [9.17, 15) is 9.59 Å². The van der Waals surface area contributed by atoms with E-state index < -0.39 is 0 Å². The summed E-state index contributed by atoms with van der Waals surface area (Å²) in [6, 6.07) is 17.9. The number of urea groups is 1. The number of aryl methyl sites for hydroxylation is 1. The van der Waals surface area contributed by atoms with Crippen molar-refractivity contribution in [3.05, 3.63) is 83.8 Å². The second-order valence-electron chi connectivity index (χ2n) is 6.41. The standard InChI is InChI=1S/C22H23N3O4/c1-16-5-2-8-19(13-16)28-12-10-23-22(27)24-15-17-6-3-7-18(14-17)25-21(26)20-9-4-11-29-20/h2-9,11,13-14H,10,12,15H2,1H3,(H,25,26)(H2,23,24,27). The molecule has 150 valence electrons. The predicted molar refractivity (Wildman–Crippen MR) is 110 cm³/mol. The minimum absolute atomic E-state index is 0.237. The van der Waals surface area contributed by atoms with Gasteiger partial charge in [-0.1, -0.05) is 24.3 Å². The highest BCUT2D eigenvalue weighted by Gasteiger charge is 2.09. The second-order valence-corrected chi connectivity index (χ2v) is 6.41. The fourth-order valence-electron chi connectivity index (χ4n) is 2.64. The van der Waals surface area contributed by atoms with Gasteiger partial charge in [0.15, 0.2) is 5.76 Å². The van der Waals surface area contributed by atoms with Gasteiger partial charge in [0.1, 0.15) is 12.4 Å². The highest BCUT2D eigenvalue weighted by Crippen LogP contribution is 2.13. The molecule has 7 nitrogen and oxygen atoms in total. The third-order valence-electron chi connectivity index (χ3n) is 4.03. The number of hydrogen-bond donors (Lipinski definition) is 3. The molecule has 0 saturated heterocycles. The van der Waals surface area contributed by atoms with Crippen LogP contribution in [0.15, 0.2) is 71.3 Å². The van der Waals surface area contributed by atoms with E-state index in [-0.39, 0.29) is 17.7 Å². The van der Waals surface area contributed by atoms with Crippen LogP contribution in [-0.4, -0.2) is 25.1 Å². The summed E-state index contributed by atoms with van der Waals surface area (Å²) in [7, 11) is 0. The van der Waals surface area contributed by atoms with Crippen LogP contribution in [0.1, 0.15) is 21.7 Å². The van der Waals surface area contributed by atoms with Crippen molar-refractivity contribution in [2.45, 2.75) is 13.5 Å². The van der Waals surface area contributed by atoms with Gasteiger partial charge in [0.2, 0.25) is 0 Å². The maximum Gasteiger partial charge on any atom is 0.315 e. The lowest BCUT2D eigenvalue weighted by Crippen LogP contribution is -2.37. The van der Waals surface area contributed by atoms with Crippen LogP contribution >= 0.6 is 0 Å². The SMILES string of the molecule is Cc1cccc(OCCNC(=O)NCc2cccc(NC(=O)c3ccco3)c2)c1. The van der Waals surface area contributed by atoms with E-state index in [1.807, 2.05) is 43.3 Å². The highest BCUT2D eigenvalue weighted by molar-refractivity contribution is 6.02. The van der Waals surface area contributed by atoms with Crippen molar-refractivity contribution in [2.24, 2.45) is 0 Å². The van der Waals surface area contributed by atoms with Gasteiger partial charge < -0.3 is 25.1 Å². The molecule has 0 unspecified atom stereocenters. The van der Waals surface area contributed by atoms with E-state index in [4.69, 9.17) is 9.15 Å². The molecule has 1 heterocycles. The van der Waals surface area contributed by atoms with Crippen molar-refractivity contribution >= 4 is 17.6 Å². The first kappa shape index (κ1) is 20.0. The molecule has 3 N–H and O–H groups in total. The molecule has 0 fully saturated rings. The Morgan fingerprint density at radius 2 is 1.86 bits per heavy atom. The first-order chi connectivity index (χ1) is 14.1. The van der Waals surface area contributed by atoms with Crippen LogP contribution in [-0.2, 0) is 6.54 Å².